The lowest BCUT2D eigenvalue weighted by molar-refractivity contribution is 0.1000. The maximum atomic E-state index is 11.1. The molecule has 0 fully saturated rings. The third kappa shape index (κ3) is 4.47. The fourth-order valence-electron chi connectivity index (χ4n) is 1.89. The summed E-state index contributed by atoms with van der Waals surface area (Å²) in [6, 6.07) is 7.56. The lowest BCUT2D eigenvalue weighted by atomic mass is 10.0. The first kappa shape index (κ1) is 14.7. The Balaban J connectivity index is 2.61. The quantitative estimate of drug-likeness (QED) is 0.682. The zero-order valence-corrected chi connectivity index (χ0v) is 11.0. The van der Waals surface area contributed by atoms with E-state index in [4.69, 9.17) is 10.8 Å². The van der Waals surface area contributed by atoms with Crippen LogP contribution in [-0.2, 0) is 6.54 Å². The van der Waals surface area contributed by atoms with Gasteiger partial charge in [0.1, 0.15) is 0 Å². The van der Waals surface area contributed by atoms with Crippen molar-refractivity contribution in [3.63, 3.8) is 0 Å². The van der Waals surface area contributed by atoms with Crippen LogP contribution in [0.3, 0.4) is 0 Å². The first-order valence-corrected chi connectivity index (χ1v) is 6.27. The van der Waals surface area contributed by atoms with Gasteiger partial charge < -0.3 is 16.2 Å². The summed E-state index contributed by atoms with van der Waals surface area (Å²) >= 11 is 0. The van der Waals surface area contributed by atoms with E-state index in [0.29, 0.717) is 18.0 Å². The van der Waals surface area contributed by atoms with Crippen LogP contribution in [0.1, 0.15) is 36.2 Å². The first-order valence-electron chi connectivity index (χ1n) is 6.27. The molecule has 1 amide bonds. The lowest BCUT2D eigenvalue weighted by Gasteiger charge is -2.21. The predicted molar refractivity (Wildman–Crippen MR) is 72.1 cm³/mol. The van der Waals surface area contributed by atoms with Crippen molar-refractivity contribution in [2.75, 3.05) is 6.61 Å². The normalized spacial score (nSPS) is 12.7. The molecule has 0 saturated carbocycles. The molecule has 0 radical (unpaired) electrons. The molecule has 18 heavy (non-hydrogen) atoms. The number of nitrogens with two attached hydrogens (primary N) is 1. The Morgan fingerprint density at radius 2 is 2.17 bits per heavy atom. The minimum absolute atomic E-state index is 0.178. The molecule has 0 aromatic heterocycles. The zero-order valence-electron chi connectivity index (χ0n) is 11.0. The Morgan fingerprint density at radius 3 is 2.72 bits per heavy atom. The van der Waals surface area contributed by atoms with E-state index in [1.165, 1.54) is 0 Å². The number of benzene rings is 1. The van der Waals surface area contributed by atoms with Gasteiger partial charge in [-0.25, -0.2) is 0 Å². The molecule has 4 heteroatoms. The number of hydrogen-bond acceptors (Lipinski definition) is 3. The number of aliphatic hydroxyl groups excluding tert-OH is 1. The second-order valence-electron chi connectivity index (χ2n) is 4.81. The van der Waals surface area contributed by atoms with Crippen molar-refractivity contribution >= 4 is 5.91 Å². The van der Waals surface area contributed by atoms with Gasteiger partial charge in [-0.1, -0.05) is 26.0 Å². The summed E-state index contributed by atoms with van der Waals surface area (Å²) in [5.74, 6) is 0.0455. The molecule has 1 aromatic rings. The Hall–Kier alpha value is -1.39. The fourth-order valence-corrected chi connectivity index (χ4v) is 1.89. The highest BCUT2D eigenvalue weighted by Gasteiger charge is 2.12. The highest BCUT2D eigenvalue weighted by atomic mass is 16.3. The summed E-state index contributed by atoms with van der Waals surface area (Å²) < 4.78 is 0. The standard InChI is InChI=1S/C14H22N2O2/c1-10(2)13(6-7-17)16-9-11-4-3-5-12(8-11)14(15)18/h3-5,8,10,13,16-17H,6-7,9H2,1-2H3,(H2,15,18). The fraction of sp³-hybridized carbons (Fsp3) is 0.500. The van der Waals surface area contributed by atoms with Gasteiger partial charge in [-0.15, -0.1) is 0 Å². The Kier molecular flexibility index (Phi) is 5.82. The van der Waals surface area contributed by atoms with Crippen molar-refractivity contribution in [2.45, 2.75) is 32.9 Å². The summed E-state index contributed by atoms with van der Waals surface area (Å²) in [4.78, 5) is 11.1. The molecule has 0 aliphatic rings. The molecule has 0 bridgehead atoms. The van der Waals surface area contributed by atoms with E-state index in [2.05, 4.69) is 19.2 Å². The van der Waals surface area contributed by atoms with Crippen LogP contribution in [0, 0.1) is 5.92 Å². The SMILES string of the molecule is CC(C)C(CCO)NCc1cccc(C(N)=O)c1. The molecule has 4 nitrogen and oxygen atoms in total. The van der Waals surface area contributed by atoms with E-state index in [1.807, 2.05) is 12.1 Å². The van der Waals surface area contributed by atoms with Crippen LogP contribution in [-0.4, -0.2) is 23.7 Å². The number of amides is 1. The Morgan fingerprint density at radius 1 is 1.44 bits per heavy atom. The van der Waals surface area contributed by atoms with Gasteiger partial charge in [0.15, 0.2) is 0 Å². The summed E-state index contributed by atoms with van der Waals surface area (Å²) in [5, 5.41) is 12.4. The van der Waals surface area contributed by atoms with Crippen molar-refractivity contribution in [1.29, 1.82) is 0 Å². The summed E-state index contributed by atoms with van der Waals surface area (Å²) in [7, 11) is 0. The van der Waals surface area contributed by atoms with E-state index in [9.17, 15) is 4.79 Å². The third-order valence-electron chi connectivity index (χ3n) is 3.02. The van der Waals surface area contributed by atoms with E-state index >= 15 is 0 Å². The van der Waals surface area contributed by atoms with Gasteiger partial charge in [0, 0.05) is 24.8 Å². The van der Waals surface area contributed by atoms with Crippen LogP contribution in [0.25, 0.3) is 0 Å². The molecule has 0 heterocycles. The van der Waals surface area contributed by atoms with Crippen molar-refractivity contribution in [3.8, 4) is 0 Å². The van der Waals surface area contributed by atoms with Crippen LogP contribution in [0.4, 0.5) is 0 Å². The molecule has 4 N–H and O–H groups in total. The van der Waals surface area contributed by atoms with Crippen molar-refractivity contribution in [2.24, 2.45) is 11.7 Å². The van der Waals surface area contributed by atoms with Crippen LogP contribution in [0.5, 0.6) is 0 Å². The zero-order chi connectivity index (χ0) is 13.5. The van der Waals surface area contributed by atoms with Crippen molar-refractivity contribution < 1.29 is 9.90 Å². The van der Waals surface area contributed by atoms with Crippen LogP contribution in [0.2, 0.25) is 0 Å². The Bertz CT molecular complexity index is 391. The molecule has 1 rings (SSSR count). The minimum atomic E-state index is -0.410. The maximum Gasteiger partial charge on any atom is 0.248 e. The van der Waals surface area contributed by atoms with Crippen LogP contribution in [0.15, 0.2) is 24.3 Å². The van der Waals surface area contributed by atoms with Crippen LogP contribution < -0.4 is 11.1 Å². The van der Waals surface area contributed by atoms with Crippen molar-refractivity contribution in [1.82, 2.24) is 5.32 Å². The predicted octanol–water partition coefficient (Wildman–Crippen LogP) is 1.28. The van der Waals surface area contributed by atoms with Gasteiger partial charge in [-0.3, -0.25) is 4.79 Å². The highest BCUT2D eigenvalue weighted by Crippen LogP contribution is 2.09. The average Bonchev–Trinajstić information content (AvgIpc) is 2.34. The summed E-state index contributed by atoms with van der Waals surface area (Å²) in [6.07, 6.45) is 0.729. The van der Waals surface area contributed by atoms with E-state index < -0.39 is 5.91 Å². The molecular weight excluding hydrogens is 228 g/mol. The largest absolute Gasteiger partial charge is 0.396 e. The molecular formula is C14H22N2O2. The summed E-state index contributed by atoms with van der Waals surface area (Å²) in [5.41, 5.74) is 6.79. The number of hydrogen-bond donors (Lipinski definition) is 3. The Labute approximate surface area is 108 Å². The topological polar surface area (TPSA) is 75.3 Å². The molecule has 0 aliphatic carbocycles. The van der Waals surface area contributed by atoms with Gasteiger partial charge >= 0.3 is 0 Å². The molecule has 100 valence electrons. The molecule has 0 aliphatic heterocycles. The molecule has 1 unspecified atom stereocenters. The first-order chi connectivity index (χ1) is 8.54. The molecule has 1 atom stereocenters. The number of rotatable bonds is 7. The van der Waals surface area contributed by atoms with Crippen molar-refractivity contribution in [3.05, 3.63) is 35.4 Å². The van der Waals surface area contributed by atoms with Gasteiger partial charge in [0.25, 0.3) is 0 Å². The van der Waals surface area contributed by atoms with Gasteiger partial charge in [0.2, 0.25) is 5.91 Å². The van der Waals surface area contributed by atoms with Crippen LogP contribution >= 0.6 is 0 Å². The number of carbonyl (C=O) groups is 1. The second-order valence-corrected chi connectivity index (χ2v) is 4.81. The van der Waals surface area contributed by atoms with Gasteiger partial charge in [-0.05, 0) is 30.0 Å². The molecule has 0 spiro atoms. The lowest BCUT2D eigenvalue weighted by Crippen LogP contribution is -2.34. The van der Waals surface area contributed by atoms with E-state index in [-0.39, 0.29) is 12.6 Å². The number of primary amides is 1. The maximum absolute atomic E-state index is 11.1. The van der Waals surface area contributed by atoms with Gasteiger partial charge in [0.05, 0.1) is 0 Å². The minimum Gasteiger partial charge on any atom is -0.396 e. The third-order valence-corrected chi connectivity index (χ3v) is 3.02. The van der Waals surface area contributed by atoms with E-state index in [1.54, 1.807) is 12.1 Å². The van der Waals surface area contributed by atoms with E-state index in [0.717, 1.165) is 12.0 Å². The summed E-state index contributed by atoms with van der Waals surface area (Å²) in [6.45, 7) is 5.08. The average molecular weight is 250 g/mol. The number of carbonyl (C=O) groups excluding carboxylic acids is 1. The van der Waals surface area contributed by atoms with Gasteiger partial charge in [-0.2, -0.15) is 0 Å². The molecule has 0 saturated heterocycles. The number of nitrogens with one attached hydrogen (secondary N) is 1. The number of aliphatic hydroxyl groups is 1. The highest BCUT2D eigenvalue weighted by molar-refractivity contribution is 5.92. The second kappa shape index (κ2) is 7.13. The molecule has 1 aromatic carbocycles. The smallest absolute Gasteiger partial charge is 0.248 e. The monoisotopic (exact) mass is 250 g/mol.